The molecule has 2 amide bonds. The number of amides is 2. The average Bonchev–Trinajstić information content (AvgIpc) is 3.42. The summed E-state index contributed by atoms with van der Waals surface area (Å²) in [6, 6.07) is 3.99. The molecule has 0 bridgehead atoms. The molecule has 1 N–H and O–H groups in total. The van der Waals surface area contributed by atoms with Gasteiger partial charge in [-0.15, -0.1) is 0 Å². The molecule has 2 aliphatic heterocycles. The van der Waals surface area contributed by atoms with Gasteiger partial charge in [0.1, 0.15) is 17.8 Å². The van der Waals surface area contributed by atoms with Crippen LogP contribution in [0.1, 0.15) is 18.4 Å². The van der Waals surface area contributed by atoms with E-state index >= 15 is 0 Å². The summed E-state index contributed by atoms with van der Waals surface area (Å²) in [4.78, 5) is 27.0. The van der Waals surface area contributed by atoms with Crippen LogP contribution >= 0.6 is 11.5 Å². The first-order chi connectivity index (χ1) is 15.7. The minimum Gasteiger partial charge on any atom is -0.324 e. The summed E-state index contributed by atoms with van der Waals surface area (Å²) in [6.07, 6.45) is 6.68. The van der Waals surface area contributed by atoms with Crippen LogP contribution in [0.2, 0.25) is 0 Å². The Hall–Kier alpha value is -3.19. The molecule has 3 aromatic rings. The SMILES string of the molecule is CS(=O)(=O)N1CC2(CCN(C(=O)Nc3cnc(-c4ncns4)cn3)CC2)c2ccc(F)cc21. The topological polar surface area (TPSA) is 121 Å². The van der Waals surface area contributed by atoms with Crippen LogP contribution in [-0.4, -0.2) is 64.6 Å². The fourth-order valence-electron chi connectivity index (χ4n) is 4.44. The zero-order valence-corrected chi connectivity index (χ0v) is 19.2. The van der Waals surface area contributed by atoms with Crippen molar-refractivity contribution < 1.29 is 17.6 Å². The van der Waals surface area contributed by atoms with Crippen LogP contribution in [0.25, 0.3) is 10.7 Å². The van der Waals surface area contributed by atoms with E-state index in [2.05, 4.69) is 24.6 Å². The molecule has 0 atom stereocenters. The zero-order chi connectivity index (χ0) is 23.2. The standard InChI is InChI=1S/C20H20FN7O3S2/c1-33(30,31)28-11-20(14-3-2-13(21)8-16(14)28)4-6-27(7-5-20)19(29)26-17-10-22-15(9-23-17)18-24-12-25-32-18/h2-3,8-10,12H,4-7,11H2,1H3,(H,23,26,29). The fraction of sp³-hybridized carbons (Fsp3) is 0.350. The van der Waals surface area contributed by atoms with Crippen molar-refractivity contribution in [2.45, 2.75) is 18.3 Å². The van der Waals surface area contributed by atoms with Crippen molar-refractivity contribution in [1.29, 1.82) is 0 Å². The number of sulfonamides is 1. The van der Waals surface area contributed by atoms with Crippen LogP contribution in [0.15, 0.2) is 36.9 Å². The van der Waals surface area contributed by atoms with Crippen molar-refractivity contribution in [3.63, 3.8) is 0 Å². The Labute approximate surface area is 193 Å². The summed E-state index contributed by atoms with van der Waals surface area (Å²) in [6.45, 7) is 1.10. The molecule has 4 heterocycles. The van der Waals surface area contributed by atoms with E-state index in [1.54, 1.807) is 11.0 Å². The number of hydrogen-bond acceptors (Lipinski definition) is 8. The van der Waals surface area contributed by atoms with Crippen LogP contribution in [0, 0.1) is 5.82 Å². The number of hydrogen-bond donors (Lipinski definition) is 1. The first-order valence-corrected chi connectivity index (χ1v) is 12.8. The number of nitrogens with one attached hydrogen (secondary N) is 1. The average molecular weight is 490 g/mol. The highest BCUT2D eigenvalue weighted by Gasteiger charge is 2.47. The number of nitrogens with zero attached hydrogens (tertiary/aromatic N) is 6. The highest BCUT2D eigenvalue weighted by molar-refractivity contribution is 7.92. The van der Waals surface area contributed by atoms with Crippen LogP contribution in [0.4, 0.5) is 20.7 Å². The quantitative estimate of drug-likeness (QED) is 0.600. The highest BCUT2D eigenvalue weighted by Crippen LogP contribution is 2.48. The van der Waals surface area contributed by atoms with E-state index in [0.717, 1.165) is 11.8 Å². The number of aromatic nitrogens is 4. The Morgan fingerprint density at radius 2 is 1.97 bits per heavy atom. The summed E-state index contributed by atoms with van der Waals surface area (Å²) < 4.78 is 43.7. The first-order valence-electron chi connectivity index (χ1n) is 10.2. The third-order valence-corrected chi connectivity index (χ3v) is 7.94. The molecule has 2 aromatic heterocycles. The predicted molar refractivity (Wildman–Crippen MR) is 121 cm³/mol. The number of carbonyl (C=O) groups is 1. The summed E-state index contributed by atoms with van der Waals surface area (Å²) in [5.74, 6) is -0.159. The predicted octanol–water partition coefficient (Wildman–Crippen LogP) is 2.48. The lowest BCUT2D eigenvalue weighted by atomic mass is 9.74. The maximum absolute atomic E-state index is 13.9. The molecular weight excluding hydrogens is 469 g/mol. The Kier molecular flexibility index (Phi) is 5.24. The number of anilines is 2. The second kappa shape index (κ2) is 7.99. The number of halogens is 1. The minimum atomic E-state index is -3.55. The molecule has 1 fully saturated rings. The first kappa shape index (κ1) is 21.6. The lowest BCUT2D eigenvalue weighted by Gasteiger charge is -2.39. The maximum atomic E-state index is 13.9. The van der Waals surface area contributed by atoms with Crippen LogP contribution in [0.3, 0.4) is 0 Å². The molecule has 2 aliphatic rings. The summed E-state index contributed by atoms with van der Waals surface area (Å²) >= 11 is 1.20. The van der Waals surface area contributed by atoms with E-state index in [1.165, 1.54) is 46.7 Å². The van der Waals surface area contributed by atoms with Crippen LogP contribution < -0.4 is 9.62 Å². The molecule has 5 rings (SSSR count). The van der Waals surface area contributed by atoms with Gasteiger partial charge in [0.05, 0.1) is 24.3 Å². The molecule has 0 saturated carbocycles. The number of benzene rings is 1. The smallest absolute Gasteiger partial charge is 0.323 e. The molecular formula is C20H20FN7O3S2. The van der Waals surface area contributed by atoms with Gasteiger partial charge in [-0.2, -0.15) is 4.37 Å². The summed E-state index contributed by atoms with van der Waals surface area (Å²) in [5.41, 5.74) is 1.32. The van der Waals surface area contributed by atoms with Crippen molar-refractivity contribution >= 4 is 39.1 Å². The van der Waals surface area contributed by atoms with Gasteiger partial charge >= 0.3 is 6.03 Å². The van der Waals surface area contributed by atoms with E-state index in [-0.39, 0.29) is 12.6 Å². The number of urea groups is 1. The van der Waals surface area contributed by atoms with E-state index in [9.17, 15) is 17.6 Å². The molecule has 0 unspecified atom stereocenters. The van der Waals surface area contributed by atoms with Gasteiger partial charge < -0.3 is 4.90 Å². The Balaban J connectivity index is 1.28. The number of carbonyl (C=O) groups excluding carboxylic acids is 1. The van der Waals surface area contributed by atoms with Gasteiger partial charge in [0.25, 0.3) is 0 Å². The van der Waals surface area contributed by atoms with Crippen molar-refractivity contribution in [2.75, 3.05) is 35.5 Å². The summed E-state index contributed by atoms with van der Waals surface area (Å²) in [7, 11) is -3.55. The van der Waals surface area contributed by atoms with Gasteiger partial charge in [-0.1, -0.05) is 6.07 Å². The van der Waals surface area contributed by atoms with Gasteiger partial charge in [-0.3, -0.25) is 9.62 Å². The van der Waals surface area contributed by atoms with E-state index in [0.29, 0.717) is 48.1 Å². The molecule has 10 nitrogen and oxygen atoms in total. The van der Waals surface area contributed by atoms with E-state index in [4.69, 9.17) is 0 Å². The molecule has 1 saturated heterocycles. The van der Waals surface area contributed by atoms with Crippen molar-refractivity contribution in [3.8, 4) is 10.7 Å². The Morgan fingerprint density at radius 3 is 2.61 bits per heavy atom. The van der Waals surface area contributed by atoms with Gasteiger partial charge in [-0.05, 0) is 42.1 Å². The molecule has 13 heteroatoms. The number of fused-ring (bicyclic) bond motifs is 2. The van der Waals surface area contributed by atoms with Crippen molar-refractivity contribution in [3.05, 3.63) is 48.3 Å². The second-order valence-corrected chi connectivity index (χ2v) is 10.8. The molecule has 172 valence electrons. The van der Waals surface area contributed by atoms with Crippen molar-refractivity contribution in [2.24, 2.45) is 0 Å². The van der Waals surface area contributed by atoms with Gasteiger partial charge in [0, 0.05) is 25.0 Å². The number of rotatable bonds is 3. The fourth-order valence-corrected chi connectivity index (χ4v) is 5.92. The summed E-state index contributed by atoms with van der Waals surface area (Å²) in [5, 5.41) is 3.39. The Morgan fingerprint density at radius 1 is 1.18 bits per heavy atom. The van der Waals surface area contributed by atoms with E-state index in [1.807, 2.05) is 0 Å². The monoisotopic (exact) mass is 489 g/mol. The largest absolute Gasteiger partial charge is 0.324 e. The van der Waals surface area contributed by atoms with Gasteiger partial charge in [0.15, 0.2) is 10.8 Å². The molecule has 0 aliphatic carbocycles. The minimum absolute atomic E-state index is 0.249. The molecule has 1 spiro atoms. The lowest BCUT2D eigenvalue weighted by molar-refractivity contribution is 0.173. The zero-order valence-electron chi connectivity index (χ0n) is 17.6. The maximum Gasteiger partial charge on any atom is 0.323 e. The molecule has 33 heavy (non-hydrogen) atoms. The number of piperidine rings is 1. The molecule has 0 radical (unpaired) electrons. The molecule has 1 aromatic carbocycles. The number of likely N-dealkylation sites (tertiary alicyclic amines) is 1. The Bertz CT molecular complexity index is 1290. The van der Waals surface area contributed by atoms with Crippen LogP contribution in [-0.2, 0) is 15.4 Å². The normalized spacial score (nSPS) is 17.3. The third kappa shape index (κ3) is 4.02. The lowest BCUT2D eigenvalue weighted by Crippen LogP contribution is -2.48. The van der Waals surface area contributed by atoms with E-state index < -0.39 is 21.3 Å². The van der Waals surface area contributed by atoms with Crippen LogP contribution in [0.5, 0.6) is 0 Å². The third-order valence-electron chi connectivity index (χ3n) is 6.12. The van der Waals surface area contributed by atoms with Gasteiger partial charge in [-0.25, -0.2) is 32.6 Å². The van der Waals surface area contributed by atoms with Crippen molar-refractivity contribution in [1.82, 2.24) is 24.2 Å². The highest BCUT2D eigenvalue weighted by atomic mass is 32.2. The van der Waals surface area contributed by atoms with Gasteiger partial charge in [0.2, 0.25) is 10.0 Å². The second-order valence-electron chi connectivity index (χ2n) is 8.16.